The van der Waals surface area contributed by atoms with Crippen LogP contribution >= 0.6 is 31.2 Å². The summed E-state index contributed by atoms with van der Waals surface area (Å²) in [6.45, 7) is -0.261. The zero-order valence-electron chi connectivity index (χ0n) is 16.0. The number of phosphoric ester groups is 1. The average Bonchev–Trinajstić information content (AvgIpc) is 3.21. The maximum Gasteiger partial charge on any atom is 1.00 e. The van der Waals surface area contributed by atoms with Crippen LogP contribution in [0.3, 0.4) is 0 Å². The number of nitrogens with two attached hydrogens (primary N) is 1. The molecule has 11 nitrogen and oxygen atoms in total. The fourth-order valence-corrected chi connectivity index (χ4v) is 5.34. The number of rotatable bonds is 3. The number of anilines is 1. The molecule has 2 aromatic heterocycles. The van der Waals surface area contributed by atoms with Crippen LogP contribution in [0.1, 0.15) is 6.23 Å². The van der Waals surface area contributed by atoms with E-state index >= 15 is 0 Å². The molecular formula is C16H14ClN5NaO6PS. The topological polar surface area (TPSA) is 158 Å². The maximum absolute atomic E-state index is 11.7. The number of aromatic nitrogens is 4. The van der Waals surface area contributed by atoms with Gasteiger partial charge >= 0.3 is 29.6 Å². The van der Waals surface area contributed by atoms with Gasteiger partial charge in [0.25, 0.3) is 7.82 Å². The molecule has 1 aromatic carbocycles. The molecule has 0 bridgehead atoms. The molecule has 2 aliphatic rings. The van der Waals surface area contributed by atoms with Gasteiger partial charge in [-0.2, -0.15) is 0 Å². The summed E-state index contributed by atoms with van der Waals surface area (Å²) in [5, 5.41) is 11.8. The van der Waals surface area contributed by atoms with E-state index in [0.29, 0.717) is 21.3 Å². The second-order valence-electron chi connectivity index (χ2n) is 6.62. The van der Waals surface area contributed by atoms with Crippen LogP contribution in [0.2, 0.25) is 5.02 Å². The van der Waals surface area contributed by atoms with Crippen molar-refractivity contribution < 1.29 is 57.9 Å². The molecule has 0 spiro atoms. The molecule has 5 rings (SSSR count). The predicted octanol–water partition coefficient (Wildman–Crippen LogP) is -1.64. The minimum absolute atomic E-state index is 0. The molecule has 5 atom stereocenters. The smallest absolute Gasteiger partial charge is 0.756 e. The number of imidazole rings is 1. The Labute approximate surface area is 207 Å². The second-order valence-corrected chi connectivity index (χ2v) is 9.46. The number of hydrogen-bond acceptors (Lipinski definition) is 11. The summed E-state index contributed by atoms with van der Waals surface area (Å²) in [4.78, 5) is 25.2. The zero-order valence-corrected chi connectivity index (χ0v) is 20.5. The predicted molar refractivity (Wildman–Crippen MR) is 104 cm³/mol. The summed E-state index contributed by atoms with van der Waals surface area (Å²) in [5.74, 6) is 0.158. The van der Waals surface area contributed by atoms with Crippen LogP contribution in [0.25, 0.3) is 11.2 Å². The number of nitrogens with zero attached hydrogens (tertiary/aromatic N) is 4. The fourth-order valence-electron chi connectivity index (χ4n) is 3.36. The number of halogens is 1. The van der Waals surface area contributed by atoms with E-state index in [1.165, 1.54) is 18.1 Å². The van der Waals surface area contributed by atoms with Gasteiger partial charge in [-0.1, -0.05) is 23.4 Å². The van der Waals surface area contributed by atoms with Gasteiger partial charge in [-0.15, -0.1) is 0 Å². The van der Waals surface area contributed by atoms with E-state index in [2.05, 4.69) is 15.0 Å². The Morgan fingerprint density at radius 1 is 1.32 bits per heavy atom. The van der Waals surface area contributed by atoms with Gasteiger partial charge in [-0.3, -0.25) is 9.13 Å². The Kier molecular flexibility index (Phi) is 6.70. The number of benzene rings is 1. The largest absolute Gasteiger partial charge is 1.00 e. The van der Waals surface area contributed by atoms with Gasteiger partial charge in [0.1, 0.15) is 24.6 Å². The van der Waals surface area contributed by atoms with Crippen LogP contribution < -0.4 is 40.2 Å². The Hall–Kier alpha value is -0.760. The number of aliphatic hydroxyl groups excluding tert-OH is 1. The van der Waals surface area contributed by atoms with Gasteiger partial charge in [0, 0.05) is 9.92 Å². The summed E-state index contributed by atoms with van der Waals surface area (Å²) < 4.78 is 28.7. The molecule has 1 unspecified atom stereocenters. The first-order valence-corrected chi connectivity index (χ1v) is 11.4. The zero-order chi connectivity index (χ0) is 21.0. The molecule has 2 saturated heterocycles. The third-order valence-electron chi connectivity index (χ3n) is 4.71. The third kappa shape index (κ3) is 4.40. The third-order valence-corrected chi connectivity index (χ3v) is 6.90. The average molecular weight is 494 g/mol. The summed E-state index contributed by atoms with van der Waals surface area (Å²) in [6.07, 6.45) is -2.98. The van der Waals surface area contributed by atoms with E-state index in [1.807, 2.05) is 12.1 Å². The molecule has 31 heavy (non-hydrogen) atoms. The molecule has 3 aromatic rings. The molecule has 2 aliphatic heterocycles. The van der Waals surface area contributed by atoms with Crippen molar-refractivity contribution in [2.75, 3.05) is 12.3 Å². The van der Waals surface area contributed by atoms with Crippen molar-refractivity contribution >= 4 is 48.2 Å². The van der Waals surface area contributed by atoms with Gasteiger partial charge < -0.3 is 29.5 Å². The molecule has 0 radical (unpaired) electrons. The fraction of sp³-hybridized carbons (Fsp3) is 0.312. The summed E-state index contributed by atoms with van der Waals surface area (Å²) in [5.41, 5.74) is 6.61. The molecule has 0 aliphatic carbocycles. The van der Waals surface area contributed by atoms with Crippen molar-refractivity contribution in [1.82, 2.24) is 19.5 Å². The maximum atomic E-state index is 11.7. The van der Waals surface area contributed by atoms with Crippen molar-refractivity contribution in [3.05, 3.63) is 35.6 Å². The van der Waals surface area contributed by atoms with Gasteiger partial charge in [-0.05, 0) is 24.3 Å². The Balaban J connectivity index is 0.00000231. The van der Waals surface area contributed by atoms with E-state index in [4.69, 9.17) is 31.1 Å². The first-order chi connectivity index (χ1) is 14.3. The minimum atomic E-state index is -4.50. The number of phosphoric acid groups is 1. The van der Waals surface area contributed by atoms with Gasteiger partial charge in [-0.25, -0.2) is 15.0 Å². The molecule has 0 amide bonds. The molecule has 2 fully saturated rings. The summed E-state index contributed by atoms with van der Waals surface area (Å²) in [7, 11) is -4.50. The Morgan fingerprint density at radius 3 is 2.81 bits per heavy atom. The SMILES string of the molecule is Nc1ncnc2c1nc(Sc1ccc(Cl)cc1)n2[C@H]1O[C@H]2COP(=O)([O-])O[C@H]2[C@H]1O.[Na+]. The van der Waals surface area contributed by atoms with Crippen molar-refractivity contribution in [2.45, 2.75) is 34.6 Å². The van der Waals surface area contributed by atoms with Gasteiger partial charge in [0.15, 0.2) is 28.4 Å². The number of nitrogen functional groups attached to an aromatic ring is 1. The van der Waals surface area contributed by atoms with Crippen molar-refractivity contribution in [3.63, 3.8) is 0 Å². The second kappa shape index (κ2) is 8.88. The van der Waals surface area contributed by atoms with Crippen LogP contribution in [-0.4, -0.2) is 49.5 Å². The van der Waals surface area contributed by atoms with Crippen LogP contribution in [0.15, 0.2) is 40.6 Å². The van der Waals surface area contributed by atoms with E-state index in [1.54, 1.807) is 16.7 Å². The van der Waals surface area contributed by atoms with Crippen LogP contribution in [-0.2, 0) is 18.3 Å². The first-order valence-electron chi connectivity index (χ1n) is 8.72. The number of aliphatic hydroxyl groups is 1. The Morgan fingerprint density at radius 2 is 2.06 bits per heavy atom. The monoisotopic (exact) mass is 493 g/mol. The molecule has 0 saturated carbocycles. The van der Waals surface area contributed by atoms with Crippen LogP contribution in [0.4, 0.5) is 5.82 Å². The summed E-state index contributed by atoms with van der Waals surface area (Å²) >= 11 is 7.22. The normalized spacial score (nSPS) is 30.2. The standard InChI is InChI=1S/C16H15ClN5O6PS.Na/c17-7-1-3-8(4-2-7)30-16-21-10-13(18)19-6-20-14(10)22(16)15-11(23)12-9(27-15)5-26-29(24,25)28-12;/h1-4,6,9,11-12,15,23H,5H2,(H,24,25)(H2,18,19,20);/q;+1/p-1/t9-,11+,12+,15-;/m0./s1. The van der Waals surface area contributed by atoms with Gasteiger partial charge in [0.2, 0.25) is 0 Å². The summed E-state index contributed by atoms with van der Waals surface area (Å²) in [6, 6.07) is 7.08. The molecule has 15 heteroatoms. The Bertz CT molecular complexity index is 1170. The molecular weight excluding hydrogens is 480 g/mol. The molecule has 4 heterocycles. The number of fused-ring (bicyclic) bond motifs is 2. The minimum Gasteiger partial charge on any atom is -0.756 e. The van der Waals surface area contributed by atoms with Crippen molar-refractivity contribution in [2.24, 2.45) is 0 Å². The first kappa shape index (κ1) is 23.4. The van der Waals surface area contributed by atoms with E-state index in [-0.39, 0.29) is 42.0 Å². The van der Waals surface area contributed by atoms with E-state index in [0.717, 1.165) is 4.90 Å². The van der Waals surface area contributed by atoms with E-state index < -0.39 is 32.4 Å². The van der Waals surface area contributed by atoms with Crippen molar-refractivity contribution in [3.8, 4) is 0 Å². The van der Waals surface area contributed by atoms with E-state index in [9.17, 15) is 14.6 Å². The molecule has 3 N–H and O–H groups in total. The molecule has 158 valence electrons. The number of ether oxygens (including phenoxy) is 1. The van der Waals surface area contributed by atoms with Crippen LogP contribution in [0, 0.1) is 0 Å². The van der Waals surface area contributed by atoms with Gasteiger partial charge in [0.05, 0.1) is 6.61 Å². The number of hydrogen-bond donors (Lipinski definition) is 2. The quantitative estimate of drug-likeness (QED) is 0.318. The van der Waals surface area contributed by atoms with Crippen LogP contribution in [0.5, 0.6) is 0 Å². The van der Waals surface area contributed by atoms with Crippen molar-refractivity contribution in [1.29, 1.82) is 0 Å².